The van der Waals surface area contributed by atoms with E-state index in [1.54, 1.807) is 13.8 Å². The summed E-state index contributed by atoms with van der Waals surface area (Å²) >= 11 is 6.99. The van der Waals surface area contributed by atoms with Crippen LogP contribution < -0.4 is 0 Å². The first-order valence-corrected chi connectivity index (χ1v) is 24.1. The van der Waals surface area contributed by atoms with E-state index in [0.717, 1.165) is 12.8 Å². The molecule has 0 aliphatic heterocycles. The van der Waals surface area contributed by atoms with E-state index in [2.05, 4.69) is 12.6 Å². The molecule has 0 saturated carbocycles. The van der Waals surface area contributed by atoms with Gasteiger partial charge in [-0.15, -0.1) is 0 Å². The number of thiol groups is 1. The molecule has 6 radical (unpaired) electrons. The maximum absolute atomic E-state index is 12.4. The Hall–Kier alpha value is -0.259. The molecule has 0 aromatic heterocycles. The minimum atomic E-state index is -1.27. The van der Waals surface area contributed by atoms with Crippen molar-refractivity contribution in [3.8, 4) is 0 Å². The SMILES string of the molecule is CCO[Si]OC(C)(CCCS)C(CC)(CO[Si]OC(C)(CCCSC(C)=O)C(CC)(COC(C)=O)C(C)(OCC)O[Si]CCCSC(C)=O)COC(C)=O. The number of hydrogen-bond donors (Lipinski definition) is 1. The largest absolute Gasteiger partial charge is 0.465 e. The predicted octanol–water partition coefficient (Wildman–Crippen LogP) is 6.82. The Labute approximate surface area is 347 Å². The molecule has 312 valence electrons. The van der Waals surface area contributed by atoms with Crippen molar-refractivity contribution in [1.29, 1.82) is 0 Å². The second-order valence-electron chi connectivity index (χ2n) is 13.5. The van der Waals surface area contributed by atoms with Crippen LogP contribution >= 0.6 is 36.2 Å². The molecule has 0 spiro atoms. The van der Waals surface area contributed by atoms with Crippen molar-refractivity contribution in [2.75, 3.05) is 50.3 Å². The van der Waals surface area contributed by atoms with Crippen molar-refractivity contribution in [2.45, 2.75) is 144 Å². The predicted molar refractivity (Wildman–Crippen MR) is 222 cm³/mol. The zero-order valence-corrected chi connectivity index (χ0v) is 40.0. The van der Waals surface area contributed by atoms with Crippen molar-refractivity contribution in [2.24, 2.45) is 10.8 Å². The lowest BCUT2D eigenvalue weighted by Gasteiger charge is -2.56. The molecular weight excluding hydrogens is 805 g/mol. The smallest absolute Gasteiger partial charge is 0.433 e. The average Bonchev–Trinajstić information content (AvgIpc) is 3.10. The zero-order valence-electron chi connectivity index (χ0n) is 34.5. The molecule has 0 saturated heterocycles. The van der Waals surface area contributed by atoms with E-state index in [-0.39, 0.29) is 49.8 Å². The van der Waals surface area contributed by atoms with Crippen LogP contribution in [0.4, 0.5) is 0 Å². The van der Waals surface area contributed by atoms with Crippen LogP contribution in [0.2, 0.25) is 6.04 Å². The first-order chi connectivity index (χ1) is 25.4. The van der Waals surface area contributed by atoms with Gasteiger partial charge in [0.25, 0.3) is 0 Å². The number of esters is 2. The van der Waals surface area contributed by atoms with Gasteiger partial charge in [-0.3, -0.25) is 19.2 Å². The fourth-order valence-electron chi connectivity index (χ4n) is 6.36. The van der Waals surface area contributed by atoms with E-state index >= 15 is 0 Å². The fraction of sp³-hybridized carbons (Fsp3) is 0.889. The molecule has 0 fully saturated rings. The summed E-state index contributed by atoms with van der Waals surface area (Å²) in [5.41, 5.74) is -3.65. The summed E-state index contributed by atoms with van der Waals surface area (Å²) < 4.78 is 50.1. The Bertz CT molecular complexity index is 1110. The van der Waals surface area contributed by atoms with E-state index in [9.17, 15) is 19.2 Å². The standard InChI is InChI=1S/C36H66O12S3Si3/c1-12-35(25-41-28(5)37,32(9,19-16-21-49)46-53-44-15-4)26-45-54-47-33(10,20-17-22-50-30(7)39)36(13-2,27-42-29(6)38)34(11,43-14-3)48-52-24-18-23-51-31(8)40/h49H,12-27H2,1-11H3. The summed E-state index contributed by atoms with van der Waals surface area (Å²) in [7, 11) is -0.666. The second-order valence-corrected chi connectivity index (χ2v) is 18.8. The van der Waals surface area contributed by atoms with Crippen LogP contribution in [0.3, 0.4) is 0 Å². The minimum absolute atomic E-state index is 0.0212. The van der Waals surface area contributed by atoms with Crippen molar-refractivity contribution in [3.05, 3.63) is 0 Å². The van der Waals surface area contributed by atoms with Crippen LogP contribution in [0.25, 0.3) is 0 Å². The Balaban J connectivity index is 6.91. The third-order valence-corrected chi connectivity index (χ3v) is 14.8. The number of hydrogen-bond acceptors (Lipinski definition) is 15. The van der Waals surface area contributed by atoms with E-state index < -0.39 is 49.8 Å². The second kappa shape index (κ2) is 28.2. The van der Waals surface area contributed by atoms with Gasteiger partial charge in [-0.25, -0.2) is 0 Å². The van der Waals surface area contributed by atoms with Crippen LogP contribution in [0.5, 0.6) is 0 Å². The van der Waals surface area contributed by atoms with Gasteiger partial charge in [0, 0.05) is 59.0 Å². The average molecular weight is 871 g/mol. The highest BCUT2D eigenvalue weighted by Gasteiger charge is 2.61. The topological polar surface area (TPSA) is 142 Å². The summed E-state index contributed by atoms with van der Waals surface area (Å²) in [6, 6.07) is 0.716. The maximum atomic E-state index is 12.4. The number of thioether (sulfide) groups is 2. The van der Waals surface area contributed by atoms with Crippen molar-refractivity contribution >= 4 is 88.1 Å². The molecule has 0 aromatic rings. The molecule has 5 unspecified atom stereocenters. The van der Waals surface area contributed by atoms with Crippen molar-refractivity contribution in [3.63, 3.8) is 0 Å². The van der Waals surface area contributed by atoms with E-state index in [0.29, 0.717) is 68.6 Å². The highest BCUT2D eigenvalue weighted by Crippen LogP contribution is 2.52. The van der Waals surface area contributed by atoms with Crippen LogP contribution in [0.15, 0.2) is 0 Å². The molecule has 0 rings (SSSR count). The monoisotopic (exact) mass is 870 g/mol. The van der Waals surface area contributed by atoms with Gasteiger partial charge in [0.1, 0.15) is 13.2 Å². The van der Waals surface area contributed by atoms with Gasteiger partial charge in [-0.05, 0) is 91.4 Å². The highest BCUT2D eigenvalue weighted by atomic mass is 32.2. The first-order valence-electron chi connectivity index (χ1n) is 18.7. The summed E-state index contributed by atoms with van der Waals surface area (Å²) in [5, 5.41) is 0.0971. The molecule has 0 aliphatic rings. The molecule has 54 heavy (non-hydrogen) atoms. The maximum Gasteiger partial charge on any atom is 0.433 e. The van der Waals surface area contributed by atoms with Crippen LogP contribution in [0.1, 0.15) is 121 Å². The molecule has 0 aromatic carbocycles. The fourth-order valence-corrected chi connectivity index (χ4v) is 10.4. The van der Waals surface area contributed by atoms with Gasteiger partial charge in [-0.1, -0.05) is 37.4 Å². The Morgan fingerprint density at radius 1 is 0.648 bits per heavy atom. The molecule has 5 atom stereocenters. The third kappa shape index (κ3) is 17.7. The molecule has 18 heteroatoms. The van der Waals surface area contributed by atoms with E-state index in [1.807, 2.05) is 48.5 Å². The molecule has 0 bridgehead atoms. The molecule has 0 N–H and O–H groups in total. The number of carbonyl (C=O) groups is 4. The Kier molecular flexibility index (Phi) is 28.1. The number of rotatable bonds is 33. The molecule has 0 amide bonds. The number of ether oxygens (including phenoxy) is 3. The van der Waals surface area contributed by atoms with Gasteiger partial charge < -0.3 is 36.3 Å². The summed E-state index contributed by atoms with van der Waals surface area (Å²) in [6.07, 6.45) is 4.26. The van der Waals surface area contributed by atoms with Gasteiger partial charge in [0.05, 0.1) is 22.0 Å². The first kappa shape index (κ1) is 53.7. The third-order valence-electron chi connectivity index (χ3n) is 9.83. The Morgan fingerprint density at radius 2 is 1.20 bits per heavy atom. The van der Waals surface area contributed by atoms with Gasteiger partial charge in [-0.2, -0.15) is 12.6 Å². The van der Waals surface area contributed by atoms with Crippen LogP contribution in [-0.4, -0.2) is 119 Å². The lowest BCUT2D eigenvalue weighted by molar-refractivity contribution is -0.300. The quantitative estimate of drug-likeness (QED) is 0.0242. The highest BCUT2D eigenvalue weighted by molar-refractivity contribution is 8.13. The van der Waals surface area contributed by atoms with E-state index in [1.165, 1.54) is 37.4 Å². The normalized spacial score (nSPS) is 17.3. The molecule has 0 heterocycles. The van der Waals surface area contributed by atoms with Gasteiger partial charge in [0.15, 0.2) is 16.0 Å². The molecule has 0 aliphatic carbocycles. The minimum Gasteiger partial charge on any atom is -0.465 e. The zero-order chi connectivity index (χ0) is 41.3. The lowest BCUT2D eigenvalue weighted by atomic mass is 9.64. The van der Waals surface area contributed by atoms with Crippen LogP contribution in [-0.2, 0) is 55.5 Å². The van der Waals surface area contributed by atoms with Crippen molar-refractivity contribution < 1.29 is 55.5 Å². The van der Waals surface area contributed by atoms with Gasteiger partial charge >= 0.3 is 32.0 Å². The summed E-state index contributed by atoms with van der Waals surface area (Å²) in [5.74, 6) is -0.217. The molecular formula is C36H66O12S3Si3. The Morgan fingerprint density at radius 3 is 1.72 bits per heavy atom. The summed E-state index contributed by atoms with van der Waals surface area (Å²) in [4.78, 5) is 47.9. The van der Waals surface area contributed by atoms with E-state index in [4.69, 9.17) is 36.3 Å². The number of carbonyl (C=O) groups excluding carboxylic acids is 4. The van der Waals surface area contributed by atoms with Crippen LogP contribution in [0, 0.1) is 10.8 Å². The lowest BCUT2D eigenvalue weighted by Crippen LogP contribution is -2.65. The van der Waals surface area contributed by atoms with Crippen molar-refractivity contribution in [1.82, 2.24) is 0 Å². The molecule has 12 nitrogen and oxygen atoms in total. The summed E-state index contributed by atoms with van der Waals surface area (Å²) in [6.45, 7) is 20.5. The van der Waals surface area contributed by atoms with Gasteiger partial charge in [0.2, 0.25) is 9.76 Å².